The molecule has 2 nitrogen and oxygen atoms in total. The summed E-state index contributed by atoms with van der Waals surface area (Å²) in [6, 6.07) is 20.5. The molecule has 21 heavy (non-hydrogen) atoms. The van der Waals surface area contributed by atoms with E-state index in [9.17, 15) is 0 Å². The first kappa shape index (κ1) is 13.5. The monoisotopic (exact) mass is 274 g/mol. The van der Waals surface area contributed by atoms with Gasteiger partial charge in [0, 0.05) is 16.8 Å². The summed E-state index contributed by atoms with van der Waals surface area (Å²) in [6.07, 6.45) is 0.911. The first-order valence-corrected chi connectivity index (χ1v) is 7.28. The first-order valence-electron chi connectivity index (χ1n) is 7.28. The lowest BCUT2D eigenvalue weighted by molar-refractivity contribution is 0.980. The van der Waals surface area contributed by atoms with Crippen LogP contribution in [-0.2, 0) is 6.42 Å². The van der Waals surface area contributed by atoms with Crippen molar-refractivity contribution in [1.82, 2.24) is 9.97 Å². The van der Waals surface area contributed by atoms with Gasteiger partial charge in [0.2, 0.25) is 0 Å². The van der Waals surface area contributed by atoms with E-state index >= 15 is 0 Å². The van der Waals surface area contributed by atoms with Gasteiger partial charge < -0.3 is 0 Å². The number of nitrogens with zero attached hydrogens (tertiary/aromatic N) is 2. The van der Waals surface area contributed by atoms with Crippen LogP contribution in [-0.4, -0.2) is 9.97 Å². The molecule has 0 spiro atoms. The van der Waals surface area contributed by atoms with Crippen molar-refractivity contribution in [2.24, 2.45) is 0 Å². The maximum Gasteiger partial charge on any atom is 0.160 e. The zero-order valence-electron chi connectivity index (χ0n) is 12.4. The molecule has 0 N–H and O–H groups in total. The summed E-state index contributed by atoms with van der Waals surface area (Å²) in [6.45, 7) is 4.24. The molecule has 0 unspecified atom stereocenters. The first-order chi connectivity index (χ1) is 10.3. The minimum absolute atomic E-state index is 0.803. The number of aryl methyl sites for hydroxylation is 1. The molecule has 0 amide bonds. The minimum Gasteiger partial charge on any atom is -0.233 e. The van der Waals surface area contributed by atoms with Crippen molar-refractivity contribution in [1.29, 1.82) is 0 Å². The molecule has 0 aliphatic heterocycles. The summed E-state index contributed by atoms with van der Waals surface area (Å²) in [5, 5.41) is 0. The van der Waals surface area contributed by atoms with Crippen LogP contribution in [0.15, 0.2) is 60.7 Å². The van der Waals surface area contributed by atoms with E-state index in [-0.39, 0.29) is 0 Å². The quantitative estimate of drug-likeness (QED) is 0.693. The average Bonchev–Trinajstić information content (AvgIpc) is 2.56. The fraction of sp³-hybridized carbons (Fsp3) is 0.158. The van der Waals surface area contributed by atoms with Crippen LogP contribution in [0.5, 0.6) is 0 Å². The van der Waals surface area contributed by atoms with Crippen molar-refractivity contribution < 1.29 is 0 Å². The Morgan fingerprint density at radius 1 is 0.762 bits per heavy atom. The molecule has 2 aromatic carbocycles. The Morgan fingerprint density at radius 2 is 1.33 bits per heavy atom. The van der Waals surface area contributed by atoms with Crippen molar-refractivity contribution >= 4 is 0 Å². The van der Waals surface area contributed by atoms with Crippen molar-refractivity contribution in [3.05, 3.63) is 71.9 Å². The fourth-order valence-electron chi connectivity index (χ4n) is 2.50. The normalized spacial score (nSPS) is 10.6. The lowest BCUT2D eigenvalue weighted by Gasteiger charge is -2.12. The highest BCUT2D eigenvalue weighted by molar-refractivity contribution is 5.67. The number of benzene rings is 2. The highest BCUT2D eigenvalue weighted by Crippen LogP contribution is 2.26. The summed E-state index contributed by atoms with van der Waals surface area (Å²) in [4.78, 5) is 9.55. The van der Waals surface area contributed by atoms with Gasteiger partial charge in [-0.15, -0.1) is 0 Å². The van der Waals surface area contributed by atoms with Gasteiger partial charge in [0.1, 0.15) is 0 Å². The third-order valence-corrected chi connectivity index (χ3v) is 3.66. The fourth-order valence-corrected chi connectivity index (χ4v) is 2.50. The second-order valence-corrected chi connectivity index (χ2v) is 5.05. The van der Waals surface area contributed by atoms with Crippen LogP contribution in [0.4, 0.5) is 0 Å². The van der Waals surface area contributed by atoms with E-state index in [0.717, 1.165) is 34.8 Å². The minimum atomic E-state index is 0.803. The van der Waals surface area contributed by atoms with Gasteiger partial charge in [0.15, 0.2) is 5.82 Å². The van der Waals surface area contributed by atoms with Crippen molar-refractivity contribution in [2.45, 2.75) is 20.3 Å². The largest absolute Gasteiger partial charge is 0.233 e. The molecule has 0 aliphatic carbocycles. The molecule has 0 saturated carbocycles. The molecule has 0 saturated heterocycles. The summed E-state index contributed by atoms with van der Waals surface area (Å²) in [5.74, 6) is 0.803. The predicted octanol–water partition coefficient (Wildman–Crippen LogP) is 4.68. The molecule has 1 heterocycles. The molecule has 104 valence electrons. The van der Waals surface area contributed by atoms with Crippen molar-refractivity contribution in [3.8, 4) is 22.6 Å². The Kier molecular flexibility index (Phi) is 3.78. The maximum absolute atomic E-state index is 4.81. The molecular formula is C19H18N2. The van der Waals surface area contributed by atoms with Crippen molar-refractivity contribution in [2.75, 3.05) is 0 Å². The summed E-state index contributed by atoms with van der Waals surface area (Å²) in [7, 11) is 0. The lowest BCUT2D eigenvalue weighted by atomic mass is 10.0. The van der Waals surface area contributed by atoms with Gasteiger partial charge in [0.05, 0.1) is 5.69 Å². The van der Waals surface area contributed by atoms with Crippen LogP contribution in [0.3, 0.4) is 0 Å². The van der Waals surface area contributed by atoms with Crippen LogP contribution in [0.25, 0.3) is 22.6 Å². The van der Waals surface area contributed by atoms with Gasteiger partial charge in [-0.25, -0.2) is 9.97 Å². The van der Waals surface area contributed by atoms with E-state index in [1.54, 1.807) is 0 Å². The highest BCUT2D eigenvalue weighted by atomic mass is 14.9. The Balaban J connectivity index is 2.21. The van der Waals surface area contributed by atoms with Gasteiger partial charge in [-0.2, -0.15) is 0 Å². The van der Waals surface area contributed by atoms with E-state index in [2.05, 4.69) is 38.1 Å². The second kappa shape index (κ2) is 5.88. The van der Waals surface area contributed by atoms with Crippen LogP contribution < -0.4 is 0 Å². The van der Waals surface area contributed by atoms with E-state index < -0.39 is 0 Å². The number of aromatic nitrogens is 2. The Morgan fingerprint density at radius 3 is 1.90 bits per heavy atom. The van der Waals surface area contributed by atoms with Crippen LogP contribution in [0.2, 0.25) is 0 Å². The molecular weight excluding hydrogens is 256 g/mol. The molecule has 3 aromatic rings. The summed E-state index contributed by atoms with van der Waals surface area (Å²) < 4.78 is 0. The average molecular weight is 274 g/mol. The number of rotatable bonds is 3. The number of hydrogen-bond donors (Lipinski definition) is 0. The van der Waals surface area contributed by atoms with Gasteiger partial charge in [-0.05, 0) is 18.9 Å². The zero-order valence-corrected chi connectivity index (χ0v) is 12.4. The van der Waals surface area contributed by atoms with Gasteiger partial charge >= 0.3 is 0 Å². The third-order valence-electron chi connectivity index (χ3n) is 3.66. The maximum atomic E-state index is 4.81. The summed E-state index contributed by atoms with van der Waals surface area (Å²) in [5.41, 5.74) is 5.51. The molecule has 2 heteroatoms. The predicted molar refractivity (Wildman–Crippen MR) is 87.0 cm³/mol. The molecule has 3 rings (SSSR count). The Labute approximate surface area is 125 Å². The summed E-state index contributed by atoms with van der Waals surface area (Å²) >= 11 is 0. The molecule has 0 radical (unpaired) electrons. The van der Waals surface area contributed by atoms with Crippen LogP contribution >= 0.6 is 0 Å². The zero-order chi connectivity index (χ0) is 14.7. The third kappa shape index (κ3) is 2.70. The van der Waals surface area contributed by atoms with E-state index in [1.165, 1.54) is 5.56 Å². The standard InChI is InChI=1S/C19H18N2/c1-3-17-14(2)18(15-10-6-4-7-11-15)21-19(20-17)16-12-8-5-9-13-16/h4-13H,3H2,1-2H3. The lowest BCUT2D eigenvalue weighted by Crippen LogP contribution is -2.02. The molecule has 0 fully saturated rings. The molecule has 0 atom stereocenters. The van der Waals surface area contributed by atoms with Gasteiger partial charge in [-0.3, -0.25) is 0 Å². The van der Waals surface area contributed by atoms with Crippen molar-refractivity contribution in [3.63, 3.8) is 0 Å². The highest BCUT2D eigenvalue weighted by Gasteiger charge is 2.12. The SMILES string of the molecule is CCc1nc(-c2ccccc2)nc(-c2ccccc2)c1C. The molecule has 0 aliphatic rings. The van der Waals surface area contributed by atoms with E-state index in [1.807, 2.05) is 36.4 Å². The molecule has 1 aromatic heterocycles. The second-order valence-electron chi connectivity index (χ2n) is 5.05. The van der Waals surface area contributed by atoms with E-state index in [0.29, 0.717) is 0 Å². The molecule has 0 bridgehead atoms. The van der Waals surface area contributed by atoms with E-state index in [4.69, 9.17) is 9.97 Å². The van der Waals surface area contributed by atoms with Gasteiger partial charge in [-0.1, -0.05) is 67.6 Å². The Bertz CT molecular complexity index is 734. The van der Waals surface area contributed by atoms with Gasteiger partial charge in [0.25, 0.3) is 0 Å². The number of hydrogen-bond acceptors (Lipinski definition) is 2. The van der Waals surface area contributed by atoms with Crippen LogP contribution in [0, 0.1) is 6.92 Å². The Hall–Kier alpha value is -2.48. The van der Waals surface area contributed by atoms with Crippen LogP contribution in [0.1, 0.15) is 18.2 Å². The smallest absolute Gasteiger partial charge is 0.160 e. The topological polar surface area (TPSA) is 25.8 Å².